The van der Waals surface area contributed by atoms with E-state index in [4.69, 9.17) is 4.52 Å². The average Bonchev–Trinajstić information content (AvgIpc) is 3.28. The van der Waals surface area contributed by atoms with Crippen molar-refractivity contribution < 1.29 is 9.32 Å². The van der Waals surface area contributed by atoms with Gasteiger partial charge in [0.15, 0.2) is 0 Å². The van der Waals surface area contributed by atoms with Crippen molar-refractivity contribution >= 4 is 5.91 Å². The first kappa shape index (κ1) is 22.2. The number of likely N-dealkylation sites (tertiary alicyclic amines) is 1. The fourth-order valence-electron chi connectivity index (χ4n) is 4.29. The highest BCUT2D eigenvalue weighted by Gasteiger charge is 2.28. The number of nitrogens with zero attached hydrogens (tertiary/aromatic N) is 3. The molecule has 1 aromatic heterocycles. The van der Waals surface area contributed by atoms with E-state index in [9.17, 15) is 4.79 Å². The van der Waals surface area contributed by atoms with Crippen molar-refractivity contribution in [1.82, 2.24) is 20.4 Å². The number of benzene rings is 2. The SMILES string of the molecule is CC(C)CC(NC(=O)C1CCN(Cc2nc(-c3ccccc3)no2)CC1)c1ccccc1. The third kappa shape index (κ3) is 5.82. The molecular formula is C26H32N4O2. The summed E-state index contributed by atoms with van der Waals surface area (Å²) in [6, 6.07) is 20.2. The Balaban J connectivity index is 1.29. The van der Waals surface area contributed by atoms with Gasteiger partial charge in [-0.3, -0.25) is 9.69 Å². The van der Waals surface area contributed by atoms with Gasteiger partial charge in [0.25, 0.3) is 0 Å². The molecule has 0 aliphatic carbocycles. The number of nitrogens with one attached hydrogen (secondary N) is 1. The molecule has 0 spiro atoms. The molecule has 1 unspecified atom stereocenters. The lowest BCUT2D eigenvalue weighted by molar-refractivity contribution is -0.127. The lowest BCUT2D eigenvalue weighted by Crippen LogP contribution is -2.41. The van der Waals surface area contributed by atoms with Crippen LogP contribution in [0.5, 0.6) is 0 Å². The first-order chi connectivity index (χ1) is 15.6. The maximum atomic E-state index is 13.0. The van der Waals surface area contributed by atoms with Crippen LogP contribution in [-0.2, 0) is 11.3 Å². The predicted molar refractivity (Wildman–Crippen MR) is 125 cm³/mol. The number of aromatic nitrogens is 2. The molecular weight excluding hydrogens is 400 g/mol. The van der Waals surface area contributed by atoms with Gasteiger partial charge < -0.3 is 9.84 Å². The normalized spacial score (nSPS) is 16.2. The van der Waals surface area contributed by atoms with E-state index in [-0.39, 0.29) is 17.9 Å². The van der Waals surface area contributed by atoms with Crippen molar-refractivity contribution in [2.24, 2.45) is 11.8 Å². The van der Waals surface area contributed by atoms with Crippen LogP contribution in [0, 0.1) is 11.8 Å². The third-order valence-corrected chi connectivity index (χ3v) is 6.04. The second-order valence-corrected chi connectivity index (χ2v) is 9.03. The zero-order chi connectivity index (χ0) is 22.3. The largest absolute Gasteiger partial charge is 0.349 e. The second-order valence-electron chi connectivity index (χ2n) is 9.03. The van der Waals surface area contributed by atoms with E-state index in [1.807, 2.05) is 48.5 Å². The van der Waals surface area contributed by atoms with Crippen LogP contribution in [0.4, 0.5) is 0 Å². The van der Waals surface area contributed by atoms with Crippen LogP contribution < -0.4 is 5.32 Å². The van der Waals surface area contributed by atoms with E-state index in [2.05, 4.69) is 46.3 Å². The van der Waals surface area contributed by atoms with Crippen LogP contribution in [0.25, 0.3) is 11.4 Å². The molecule has 3 aromatic rings. The molecule has 1 atom stereocenters. The van der Waals surface area contributed by atoms with Gasteiger partial charge in [0.2, 0.25) is 17.6 Å². The van der Waals surface area contributed by atoms with Gasteiger partial charge in [0, 0.05) is 11.5 Å². The molecule has 32 heavy (non-hydrogen) atoms. The molecule has 0 saturated carbocycles. The van der Waals surface area contributed by atoms with Gasteiger partial charge in [-0.1, -0.05) is 79.7 Å². The summed E-state index contributed by atoms with van der Waals surface area (Å²) in [7, 11) is 0. The molecule has 2 aromatic carbocycles. The lowest BCUT2D eigenvalue weighted by atomic mass is 9.93. The molecule has 4 rings (SSSR count). The molecule has 0 radical (unpaired) electrons. The van der Waals surface area contributed by atoms with Gasteiger partial charge >= 0.3 is 0 Å². The van der Waals surface area contributed by atoms with E-state index < -0.39 is 0 Å². The van der Waals surface area contributed by atoms with Crippen LogP contribution in [0.3, 0.4) is 0 Å². The van der Waals surface area contributed by atoms with Crippen LogP contribution in [0.2, 0.25) is 0 Å². The van der Waals surface area contributed by atoms with Crippen molar-refractivity contribution in [3.63, 3.8) is 0 Å². The van der Waals surface area contributed by atoms with Gasteiger partial charge in [-0.2, -0.15) is 4.98 Å². The zero-order valence-electron chi connectivity index (χ0n) is 18.9. The Morgan fingerprint density at radius 1 is 1.06 bits per heavy atom. The van der Waals surface area contributed by atoms with Crippen LogP contribution in [0.1, 0.15) is 50.6 Å². The molecule has 1 N–H and O–H groups in total. The van der Waals surface area contributed by atoms with Gasteiger partial charge in [0.05, 0.1) is 12.6 Å². The van der Waals surface area contributed by atoms with Crippen molar-refractivity contribution in [2.75, 3.05) is 13.1 Å². The summed E-state index contributed by atoms with van der Waals surface area (Å²) in [5, 5.41) is 7.43. The minimum Gasteiger partial charge on any atom is -0.349 e. The van der Waals surface area contributed by atoms with Crippen molar-refractivity contribution in [2.45, 2.75) is 45.7 Å². The van der Waals surface area contributed by atoms with E-state index in [0.717, 1.165) is 37.9 Å². The minimum absolute atomic E-state index is 0.0483. The van der Waals surface area contributed by atoms with Gasteiger partial charge in [-0.25, -0.2) is 0 Å². The zero-order valence-corrected chi connectivity index (χ0v) is 18.9. The van der Waals surface area contributed by atoms with Crippen molar-refractivity contribution in [3.05, 3.63) is 72.1 Å². The number of carbonyl (C=O) groups is 1. The summed E-state index contributed by atoms with van der Waals surface area (Å²) >= 11 is 0. The van der Waals surface area contributed by atoms with E-state index >= 15 is 0 Å². The topological polar surface area (TPSA) is 71.3 Å². The van der Waals surface area contributed by atoms with Crippen LogP contribution in [0.15, 0.2) is 65.2 Å². The number of hydrogen-bond acceptors (Lipinski definition) is 5. The minimum atomic E-state index is 0.0483. The first-order valence-corrected chi connectivity index (χ1v) is 11.5. The molecule has 6 heteroatoms. The quantitative estimate of drug-likeness (QED) is 0.551. The highest BCUT2D eigenvalue weighted by Crippen LogP contribution is 2.25. The number of piperidine rings is 1. The monoisotopic (exact) mass is 432 g/mol. The Bertz CT molecular complexity index is 979. The van der Waals surface area contributed by atoms with Gasteiger partial charge in [-0.15, -0.1) is 0 Å². The van der Waals surface area contributed by atoms with E-state index in [0.29, 0.717) is 24.2 Å². The van der Waals surface area contributed by atoms with Crippen LogP contribution in [-0.4, -0.2) is 34.0 Å². The second kappa shape index (κ2) is 10.6. The Kier molecular flexibility index (Phi) is 7.32. The number of hydrogen-bond donors (Lipinski definition) is 1. The Hall–Kier alpha value is -2.99. The Labute approximate surface area is 190 Å². The molecule has 1 aliphatic heterocycles. The standard InChI is InChI=1S/C26H32N4O2/c1-19(2)17-23(20-9-5-3-6-10-20)27-26(31)22-13-15-30(16-14-22)18-24-28-25(29-32-24)21-11-7-4-8-12-21/h3-12,19,22-23H,13-18H2,1-2H3,(H,27,31). The molecule has 1 fully saturated rings. The highest BCUT2D eigenvalue weighted by molar-refractivity contribution is 5.79. The van der Waals surface area contributed by atoms with Gasteiger partial charge in [-0.05, 0) is 43.8 Å². The molecule has 1 amide bonds. The molecule has 1 aliphatic rings. The van der Waals surface area contributed by atoms with Crippen molar-refractivity contribution in [1.29, 1.82) is 0 Å². The molecule has 1 saturated heterocycles. The lowest BCUT2D eigenvalue weighted by Gasteiger charge is -2.31. The summed E-state index contributed by atoms with van der Waals surface area (Å²) in [5.41, 5.74) is 2.13. The smallest absolute Gasteiger partial charge is 0.241 e. The molecule has 0 bridgehead atoms. The average molecular weight is 433 g/mol. The van der Waals surface area contributed by atoms with Crippen molar-refractivity contribution in [3.8, 4) is 11.4 Å². The predicted octanol–water partition coefficient (Wildman–Crippen LogP) is 4.85. The number of rotatable bonds is 8. The maximum absolute atomic E-state index is 13.0. The Morgan fingerprint density at radius 2 is 1.72 bits per heavy atom. The summed E-state index contributed by atoms with van der Waals surface area (Å²) < 4.78 is 5.45. The highest BCUT2D eigenvalue weighted by atomic mass is 16.5. The molecule has 6 nitrogen and oxygen atoms in total. The van der Waals surface area contributed by atoms with Gasteiger partial charge in [0.1, 0.15) is 0 Å². The summed E-state index contributed by atoms with van der Waals surface area (Å²) in [5.74, 6) is 1.97. The Morgan fingerprint density at radius 3 is 2.38 bits per heavy atom. The maximum Gasteiger partial charge on any atom is 0.241 e. The molecule has 2 heterocycles. The number of amides is 1. The van der Waals surface area contributed by atoms with Crippen LogP contribution >= 0.6 is 0 Å². The third-order valence-electron chi connectivity index (χ3n) is 6.04. The first-order valence-electron chi connectivity index (χ1n) is 11.5. The fourth-order valence-corrected chi connectivity index (χ4v) is 4.29. The molecule has 168 valence electrons. The number of carbonyl (C=O) groups excluding carboxylic acids is 1. The summed E-state index contributed by atoms with van der Waals surface area (Å²) in [4.78, 5) is 19.8. The van der Waals surface area contributed by atoms with E-state index in [1.54, 1.807) is 0 Å². The summed E-state index contributed by atoms with van der Waals surface area (Å²) in [6.45, 7) is 6.71. The summed E-state index contributed by atoms with van der Waals surface area (Å²) in [6.07, 6.45) is 2.62. The fraction of sp³-hybridized carbons (Fsp3) is 0.423. The van der Waals surface area contributed by atoms with E-state index in [1.165, 1.54) is 5.56 Å².